The maximum atomic E-state index is 12.7. The molecule has 1 fully saturated rings. The van der Waals surface area contributed by atoms with Crippen molar-refractivity contribution in [2.75, 3.05) is 49.5 Å². The van der Waals surface area contributed by atoms with Gasteiger partial charge in [-0.25, -0.2) is 9.97 Å². The molecule has 144 valence electrons. The highest BCUT2D eigenvalue weighted by atomic mass is 16.5. The van der Waals surface area contributed by atoms with Crippen molar-refractivity contribution in [3.8, 4) is 5.75 Å². The third-order valence-corrected chi connectivity index (χ3v) is 4.75. The summed E-state index contributed by atoms with van der Waals surface area (Å²) in [5.74, 6) is 1.11. The van der Waals surface area contributed by atoms with Gasteiger partial charge in [-0.1, -0.05) is 19.1 Å². The lowest BCUT2D eigenvalue weighted by Gasteiger charge is -2.34. The first-order valence-electron chi connectivity index (χ1n) is 9.46. The number of aryl methyl sites for hydroxylation is 1. The van der Waals surface area contributed by atoms with Crippen LogP contribution in [0.3, 0.4) is 0 Å². The van der Waals surface area contributed by atoms with E-state index in [9.17, 15) is 4.79 Å². The van der Waals surface area contributed by atoms with E-state index in [-0.39, 0.29) is 5.91 Å². The largest absolute Gasteiger partial charge is 0.492 e. The lowest BCUT2D eigenvalue weighted by molar-refractivity contribution is 0.102. The summed E-state index contributed by atoms with van der Waals surface area (Å²) in [6, 6.07) is 7.39. The fourth-order valence-electron chi connectivity index (χ4n) is 3.14. The van der Waals surface area contributed by atoms with E-state index in [1.54, 1.807) is 6.20 Å². The van der Waals surface area contributed by atoms with Gasteiger partial charge in [-0.3, -0.25) is 4.79 Å². The van der Waals surface area contributed by atoms with Gasteiger partial charge in [0.2, 0.25) is 5.95 Å². The van der Waals surface area contributed by atoms with Crippen molar-refractivity contribution in [2.45, 2.75) is 20.8 Å². The number of ether oxygens (including phenoxy) is 1. The van der Waals surface area contributed by atoms with Crippen LogP contribution in [0.15, 0.2) is 30.5 Å². The van der Waals surface area contributed by atoms with Crippen LogP contribution in [0, 0.1) is 6.92 Å². The van der Waals surface area contributed by atoms with Gasteiger partial charge in [-0.15, -0.1) is 0 Å². The Morgan fingerprint density at radius 1 is 1.19 bits per heavy atom. The Balaban J connectivity index is 1.71. The predicted molar refractivity (Wildman–Crippen MR) is 107 cm³/mol. The number of carbonyl (C=O) groups is 1. The van der Waals surface area contributed by atoms with Crippen molar-refractivity contribution in [1.82, 2.24) is 14.9 Å². The molecule has 1 aliphatic heterocycles. The summed E-state index contributed by atoms with van der Waals surface area (Å²) >= 11 is 0. The Bertz CT molecular complexity index is 788. The first-order chi connectivity index (χ1) is 13.1. The summed E-state index contributed by atoms with van der Waals surface area (Å²) in [6.07, 6.45) is 1.61. The van der Waals surface area contributed by atoms with E-state index >= 15 is 0 Å². The molecule has 0 aliphatic carbocycles. The quantitative estimate of drug-likeness (QED) is 0.844. The Morgan fingerprint density at radius 3 is 2.59 bits per heavy atom. The molecule has 1 aromatic heterocycles. The van der Waals surface area contributed by atoms with Crippen LogP contribution in [0.25, 0.3) is 0 Å². The topological polar surface area (TPSA) is 70.6 Å². The number of carbonyl (C=O) groups excluding carboxylic acids is 1. The van der Waals surface area contributed by atoms with E-state index in [0.29, 0.717) is 35.2 Å². The van der Waals surface area contributed by atoms with E-state index in [0.717, 1.165) is 32.7 Å². The second kappa shape index (κ2) is 8.81. The number of hydrogen-bond donors (Lipinski definition) is 1. The molecule has 1 aromatic carbocycles. The van der Waals surface area contributed by atoms with Crippen LogP contribution in [-0.4, -0.2) is 60.1 Å². The molecule has 0 saturated carbocycles. The van der Waals surface area contributed by atoms with Crippen molar-refractivity contribution in [3.63, 3.8) is 0 Å². The van der Waals surface area contributed by atoms with Gasteiger partial charge >= 0.3 is 0 Å². The predicted octanol–water partition coefficient (Wildman–Crippen LogP) is 2.58. The van der Waals surface area contributed by atoms with E-state index in [1.165, 1.54) is 0 Å². The number of nitrogens with zero attached hydrogens (tertiary/aromatic N) is 4. The van der Waals surface area contributed by atoms with Crippen molar-refractivity contribution in [1.29, 1.82) is 0 Å². The number of para-hydroxylation sites is 2. The average Bonchev–Trinajstić information content (AvgIpc) is 2.69. The molecule has 3 rings (SSSR count). The molecule has 0 unspecified atom stereocenters. The average molecular weight is 369 g/mol. The highest BCUT2D eigenvalue weighted by Crippen LogP contribution is 2.24. The van der Waals surface area contributed by atoms with E-state index in [1.807, 2.05) is 38.1 Å². The van der Waals surface area contributed by atoms with Crippen molar-refractivity contribution >= 4 is 17.5 Å². The maximum Gasteiger partial charge on any atom is 0.259 e. The summed E-state index contributed by atoms with van der Waals surface area (Å²) in [5, 5.41) is 2.90. The summed E-state index contributed by atoms with van der Waals surface area (Å²) in [7, 11) is 0. The molecule has 27 heavy (non-hydrogen) atoms. The SMILES string of the molecule is CCOc1ccccc1NC(=O)c1cnc(N2CCN(CC)CC2)nc1C. The van der Waals surface area contributed by atoms with Crippen LogP contribution < -0.4 is 15.0 Å². The van der Waals surface area contributed by atoms with Crippen molar-refractivity contribution in [3.05, 3.63) is 41.7 Å². The number of hydrogen-bond acceptors (Lipinski definition) is 6. The highest BCUT2D eigenvalue weighted by Gasteiger charge is 2.20. The van der Waals surface area contributed by atoms with Crippen LogP contribution in [0.2, 0.25) is 0 Å². The minimum absolute atomic E-state index is 0.234. The molecule has 1 aliphatic rings. The number of rotatable bonds is 6. The van der Waals surface area contributed by atoms with Gasteiger partial charge in [0.25, 0.3) is 5.91 Å². The van der Waals surface area contributed by atoms with Crippen LogP contribution in [0.4, 0.5) is 11.6 Å². The minimum atomic E-state index is -0.234. The number of benzene rings is 1. The summed E-state index contributed by atoms with van der Waals surface area (Å²) in [6.45, 7) is 11.4. The zero-order valence-electron chi connectivity index (χ0n) is 16.2. The van der Waals surface area contributed by atoms with Gasteiger partial charge in [-0.05, 0) is 32.5 Å². The standard InChI is InChI=1S/C20H27N5O2/c1-4-24-10-12-25(13-11-24)20-21-14-16(15(3)22-20)19(26)23-17-8-6-7-9-18(17)27-5-2/h6-9,14H,4-5,10-13H2,1-3H3,(H,23,26). The van der Waals surface area contributed by atoms with Gasteiger partial charge < -0.3 is 19.9 Å². The fourth-order valence-corrected chi connectivity index (χ4v) is 3.14. The molecular weight excluding hydrogens is 342 g/mol. The Hall–Kier alpha value is -2.67. The highest BCUT2D eigenvalue weighted by molar-refractivity contribution is 6.05. The van der Waals surface area contributed by atoms with E-state index in [4.69, 9.17) is 4.74 Å². The molecule has 0 atom stereocenters. The van der Waals surface area contributed by atoms with Crippen LogP contribution >= 0.6 is 0 Å². The van der Waals surface area contributed by atoms with Gasteiger partial charge in [-0.2, -0.15) is 0 Å². The number of piperazine rings is 1. The zero-order chi connectivity index (χ0) is 19.2. The fraction of sp³-hybridized carbons (Fsp3) is 0.450. The lowest BCUT2D eigenvalue weighted by Crippen LogP contribution is -2.46. The van der Waals surface area contributed by atoms with Crippen LogP contribution in [-0.2, 0) is 0 Å². The lowest BCUT2D eigenvalue weighted by atomic mass is 10.2. The molecule has 7 nitrogen and oxygen atoms in total. The van der Waals surface area contributed by atoms with Gasteiger partial charge in [0.1, 0.15) is 5.75 Å². The normalized spacial score (nSPS) is 14.9. The second-order valence-corrected chi connectivity index (χ2v) is 6.47. The molecule has 0 bridgehead atoms. The van der Waals surface area contributed by atoms with Crippen LogP contribution in [0.5, 0.6) is 5.75 Å². The number of nitrogens with one attached hydrogen (secondary N) is 1. The Kier molecular flexibility index (Phi) is 6.24. The number of anilines is 2. The number of amides is 1. The van der Waals surface area contributed by atoms with Gasteiger partial charge in [0.15, 0.2) is 0 Å². The maximum absolute atomic E-state index is 12.7. The summed E-state index contributed by atoms with van der Waals surface area (Å²) in [4.78, 5) is 26.3. The number of likely N-dealkylation sites (N-methyl/N-ethyl adjacent to an activating group) is 1. The molecule has 2 aromatic rings. The third kappa shape index (κ3) is 4.54. The third-order valence-electron chi connectivity index (χ3n) is 4.75. The molecule has 2 heterocycles. The van der Waals surface area contributed by atoms with Gasteiger partial charge in [0, 0.05) is 32.4 Å². The van der Waals surface area contributed by atoms with Crippen molar-refractivity contribution in [2.24, 2.45) is 0 Å². The van der Waals surface area contributed by atoms with E-state index < -0.39 is 0 Å². The molecule has 0 spiro atoms. The van der Waals surface area contributed by atoms with E-state index in [2.05, 4.69) is 32.0 Å². The Labute approximate surface area is 160 Å². The van der Waals surface area contributed by atoms with Gasteiger partial charge in [0.05, 0.1) is 23.6 Å². The number of aromatic nitrogens is 2. The summed E-state index contributed by atoms with van der Waals surface area (Å²) < 4.78 is 5.56. The first-order valence-corrected chi connectivity index (χ1v) is 9.46. The molecule has 7 heteroatoms. The van der Waals surface area contributed by atoms with Crippen LogP contribution in [0.1, 0.15) is 29.9 Å². The molecule has 1 N–H and O–H groups in total. The Morgan fingerprint density at radius 2 is 1.93 bits per heavy atom. The second-order valence-electron chi connectivity index (χ2n) is 6.47. The first kappa shape index (κ1) is 19.1. The monoisotopic (exact) mass is 369 g/mol. The molecule has 1 saturated heterocycles. The molecular formula is C20H27N5O2. The molecule has 1 amide bonds. The summed E-state index contributed by atoms with van der Waals surface area (Å²) in [5.41, 5.74) is 1.78. The smallest absolute Gasteiger partial charge is 0.259 e. The zero-order valence-corrected chi connectivity index (χ0v) is 16.2. The van der Waals surface area contributed by atoms with Crippen molar-refractivity contribution < 1.29 is 9.53 Å². The minimum Gasteiger partial charge on any atom is -0.492 e. The molecule has 0 radical (unpaired) electrons.